The maximum absolute atomic E-state index is 13.9. The summed E-state index contributed by atoms with van der Waals surface area (Å²) < 4.78 is 13.9. The van der Waals surface area contributed by atoms with Crippen molar-refractivity contribution in [3.63, 3.8) is 0 Å². The van der Waals surface area contributed by atoms with Crippen LogP contribution in [0, 0.1) is 5.82 Å². The van der Waals surface area contributed by atoms with E-state index in [1.807, 2.05) is 6.07 Å². The Morgan fingerprint density at radius 1 is 0.929 bits per heavy atom. The van der Waals surface area contributed by atoms with Gasteiger partial charge < -0.3 is 15.5 Å². The summed E-state index contributed by atoms with van der Waals surface area (Å²) in [4.78, 5) is 27.5. The molecule has 2 N–H and O–H groups in total. The van der Waals surface area contributed by atoms with E-state index in [0.29, 0.717) is 11.3 Å². The summed E-state index contributed by atoms with van der Waals surface area (Å²) in [5.74, 6) is -1.22. The van der Waals surface area contributed by atoms with Gasteiger partial charge in [-0.1, -0.05) is 12.1 Å². The predicted molar refractivity (Wildman–Crippen MR) is 107 cm³/mol. The Kier molecular flexibility index (Phi) is 5.28. The fourth-order valence-electron chi connectivity index (χ4n) is 3.54. The van der Waals surface area contributed by atoms with Crippen molar-refractivity contribution in [1.82, 2.24) is 5.32 Å². The van der Waals surface area contributed by atoms with Crippen LogP contribution in [0.15, 0.2) is 42.5 Å². The molecule has 0 radical (unpaired) electrons. The van der Waals surface area contributed by atoms with Crippen LogP contribution in [-0.4, -0.2) is 30.9 Å². The third kappa shape index (κ3) is 4.16. The highest BCUT2D eigenvalue weighted by atomic mass is 19.1. The van der Waals surface area contributed by atoms with Crippen LogP contribution in [0.5, 0.6) is 0 Å². The number of carbonyl (C=O) groups excluding carboxylic acids is 2. The summed E-state index contributed by atoms with van der Waals surface area (Å²) in [7, 11) is 0. The van der Waals surface area contributed by atoms with Crippen LogP contribution in [0.25, 0.3) is 0 Å². The topological polar surface area (TPSA) is 61.4 Å². The molecule has 5 nitrogen and oxygen atoms in total. The van der Waals surface area contributed by atoms with Gasteiger partial charge in [-0.2, -0.15) is 0 Å². The standard InChI is InChI=1S/C22H24FN3O2/c23-19-7-3-2-6-17(19)21(27)25-16-10-11-20(26-12-4-1-5-13-26)18(14-16)22(28)24-15-8-9-15/h2-3,6-7,10-11,14-15H,1,4-5,8-9,12-13H2,(H,24,28)(H,25,27). The van der Waals surface area contributed by atoms with E-state index in [4.69, 9.17) is 0 Å². The van der Waals surface area contributed by atoms with Crippen LogP contribution in [0.1, 0.15) is 52.8 Å². The van der Waals surface area contributed by atoms with Gasteiger partial charge in [0.15, 0.2) is 0 Å². The molecule has 0 spiro atoms. The molecule has 28 heavy (non-hydrogen) atoms. The first-order valence-corrected chi connectivity index (χ1v) is 9.87. The number of carbonyl (C=O) groups is 2. The van der Waals surface area contributed by atoms with Gasteiger partial charge in [-0.05, 0) is 62.4 Å². The van der Waals surface area contributed by atoms with Crippen molar-refractivity contribution in [2.75, 3.05) is 23.3 Å². The number of halogens is 1. The average Bonchev–Trinajstić information content (AvgIpc) is 3.53. The Labute approximate surface area is 163 Å². The molecule has 1 saturated carbocycles. The molecule has 0 bridgehead atoms. The summed E-state index contributed by atoms with van der Waals surface area (Å²) in [6.45, 7) is 1.84. The number of hydrogen-bond donors (Lipinski definition) is 2. The van der Waals surface area contributed by atoms with Gasteiger partial charge in [0.1, 0.15) is 5.82 Å². The number of amides is 2. The highest BCUT2D eigenvalue weighted by molar-refractivity contribution is 6.06. The zero-order chi connectivity index (χ0) is 19.5. The first kappa shape index (κ1) is 18.5. The smallest absolute Gasteiger partial charge is 0.258 e. The number of benzene rings is 2. The summed E-state index contributed by atoms with van der Waals surface area (Å²) in [6.07, 6.45) is 5.44. The quantitative estimate of drug-likeness (QED) is 0.824. The molecule has 4 rings (SSSR count). The number of anilines is 2. The van der Waals surface area contributed by atoms with Gasteiger partial charge in [0, 0.05) is 30.5 Å². The Morgan fingerprint density at radius 3 is 2.39 bits per heavy atom. The maximum Gasteiger partial charge on any atom is 0.258 e. The average molecular weight is 381 g/mol. The van der Waals surface area contributed by atoms with Gasteiger partial charge >= 0.3 is 0 Å². The van der Waals surface area contributed by atoms with Gasteiger partial charge in [0.05, 0.1) is 11.1 Å². The highest BCUT2D eigenvalue weighted by Crippen LogP contribution is 2.29. The molecular formula is C22H24FN3O2. The van der Waals surface area contributed by atoms with E-state index in [2.05, 4.69) is 15.5 Å². The molecule has 6 heteroatoms. The summed E-state index contributed by atoms with van der Waals surface area (Å²) in [5, 5.41) is 5.75. The molecule has 2 aromatic rings. The minimum Gasteiger partial charge on any atom is -0.371 e. The van der Waals surface area contributed by atoms with Crippen LogP contribution >= 0.6 is 0 Å². The summed E-state index contributed by atoms with van der Waals surface area (Å²) in [6, 6.07) is 11.4. The highest BCUT2D eigenvalue weighted by Gasteiger charge is 2.26. The Balaban J connectivity index is 1.60. The van der Waals surface area contributed by atoms with Gasteiger partial charge in [0.2, 0.25) is 0 Å². The first-order chi connectivity index (χ1) is 13.6. The third-order valence-electron chi connectivity index (χ3n) is 5.23. The monoisotopic (exact) mass is 381 g/mol. The van der Waals surface area contributed by atoms with Crippen LogP contribution in [-0.2, 0) is 0 Å². The second-order valence-electron chi connectivity index (χ2n) is 7.46. The van der Waals surface area contributed by atoms with Crippen molar-refractivity contribution in [3.05, 3.63) is 59.4 Å². The second-order valence-corrected chi connectivity index (χ2v) is 7.46. The molecule has 0 atom stereocenters. The summed E-state index contributed by atoms with van der Waals surface area (Å²) in [5.41, 5.74) is 1.91. The Bertz CT molecular complexity index is 889. The van der Waals surface area contributed by atoms with Crippen molar-refractivity contribution in [1.29, 1.82) is 0 Å². The van der Waals surface area contributed by atoms with Crippen molar-refractivity contribution in [2.24, 2.45) is 0 Å². The molecule has 1 heterocycles. The molecular weight excluding hydrogens is 357 g/mol. The van der Waals surface area contributed by atoms with Crippen LogP contribution in [0.2, 0.25) is 0 Å². The number of rotatable bonds is 5. The van der Waals surface area contributed by atoms with E-state index in [1.165, 1.54) is 18.6 Å². The predicted octanol–water partition coefficient (Wildman–Crippen LogP) is 3.96. The van der Waals surface area contributed by atoms with E-state index in [9.17, 15) is 14.0 Å². The molecule has 2 amide bonds. The lowest BCUT2D eigenvalue weighted by molar-refractivity contribution is 0.0950. The maximum atomic E-state index is 13.9. The van der Waals surface area contributed by atoms with Crippen LogP contribution < -0.4 is 15.5 Å². The van der Waals surface area contributed by atoms with Gasteiger partial charge in [-0.3, -0.25) is 9.59 Å². The minimum atomic E-state index is -0.573. The number of piperidine rings is 1. The van der Waals surface area contributed by atoms with E-state index in [1.54, 1.807) is 24.3 Å². The zero-order valence-corrected chi connectivity index (χ0v) is 15.7. The normalized spacial score (nSPS) is 16.5. The van der Waals surface area contributed by atoms with E-state index < -0.39 is 11.7 Å². The van der Waals surface area contributed by atoms with E-state index in [-0.39, 0.29) is 17.5 Å². The molecule has 0 unspecified atom stereocenters. The lowest BCUT2D eigenvalue weighted by atomic mass is 10.1. The number of hydrogen-bond acceptors (Lipinski definition) is 3. The zero-order valence-electron chi connectivity index (χ0n) is 15.7. The van der Waals surface area contributed by atoms with Gasteiger partial charge in [0.25, 0.3) is 11.8 Å². The fraction of sp³-hybridized carbons (Fsp3) is 0.364. The molecule has 1 saturated heterocycles. The molecule has 0 aromatic heterocycles. The van der Waals surface area contributed by atoms with Crippen molar-refractivity contribution >= 4 is 23.2 Å². The van der Waals surface area contributed by atoms with Gasteiger partial charge in [-0.15, -0.1) is 0 Å². The fourth-order valence-corrected chi connectivity index (χ4v) is 3.54. The number of nitrogens with zero attached hydrogens (tertiary/aromatic N) is 1. The van der Waals surface area contributed by atoms with Crippen molar-refractivity contribution in [2.45, 2.75) is 38.1 Å². The molecule has 1 aliphatic carbocycles. The Morgan fingerprint density at radius 2 is 1.68 bits per heavy atom. The van der Waals surface area contributed by atoms with Crippen molar-refractivity contribution in [3.8, 4) is 0 Å². The van der Waals surface area contributed by atoms with Crippen LogP contribution in [0.3, 0.4) is 0 Å². The largest absolute Gasteiger partial charge is 0.371 e. The van der Waals surface area contributed by atoms with Crippen molar-refractivity contribution < 1.29 is 14.0 Å². The molecule has 146 valence electrons. The SMILES string of the molecule is O=C(Nc1ccc(N2CCCCC2)c(C(=O)NC2CC2)c1)c1ccccc1F. The van der Waals surface area contributed by atoms with Crippen LogP contribution in [0.4, 0.5) is 15.8 Å². The first-order valence-electron chi connectivity index (χ1n) is 9.87. The molecule has 2 fully saturated rings. The van der Waals surface area contributed by atoms with Gasteiger partial charge in [-0.25, -0.2) is 4.39 Å². The van der Waals surface area contributed by atoms with E-state index >= 15 is 0 Å². The molecule has 2 aromatic carbocycles. The lowest BCUT2D eigenvalue weighted by Crippen LogP contribution is -2.33. The summed E-state index contributed by atoms with van der Waals surface area (Å²) >= 11 is 0. The number of nitrogens with one attached hydrogen (secondary N) is 2. The second kappa shape index (κ2) is 8.00. The third-order valence-corrected chi connectivity index (χ3v) is 5.23. The van der Waals surface area contributed by atoms with E-state index in [0.717, 1.165) is 44.5 Å². The Hall–Kier alpha value is -2.89. The molecule has 1 aliphatic heterocycles. The lowest BCUT2D eigenvalue weighted by Gasteiger charge is -2.30. The minimum absolute atomic E-state index is 0.0217. The molecule has 2 aliphatic rings.